The van der Waals surface area contributed by atoms with Crippen LogP contribution in [0.1, 0.15) is 11.3 Å². The first-order valence-electron chi connectivity index (χ1n) is 7.58. The monoisotopic (exact) mass is 442 g/mol. The highest BCUT2D eigenvalue weighted by molar-refractivity contribution is 14.0. The van der Waals surface area contributed by atoms with Gasteiger partial charge >= 0.3 is 0 Å². The Labute approximate surface area is 159 Å². The fraction of sp³-hybridized carbons (Fsp3) is 0.353. The van der Waals surface area contributed by atoms with Gasteiger partial charge < -0.3 is 24.3 Å². The number of benzene rings is 1. The van der Waals surface area contributed by atoms with Crippen LogP contribution in [0, 0.1) is 0 Å². The lowest BCUT2D eigenvalue weighted by atomic mass is 10.2. The third-order valence-electron chi connectivity index (χ3n) is 3.91. The lowest BCUT2D eigenvalue weighted by molar-refractivity contribution is 0.174. The molecule has 0 aliphatic carbocycles. The van der Waals surface area contributed by atoms with Gasteiger partial charge in [-0.25, -0.2) is 0 Å². The van der Waals surface area contributed by atoms with Crippen LogP contribution < -0.4 is 14.8 Å². The molecule has 0 spiro atoms. The zero-order valence-corrected chi connectivity index (χ0v) is 16.5. The molecule has 0 unspecified atom stereocenters. The molecule has 0 atom stereocenters. The van der Waals surface area contributed by atoms with E-state index in [1.807, 2.05) is 44.6 Å². The van der Waals surface area contributed by atoms with Crippen molar-refractivity contribution in [2.24, 2.45) is 12.0 Å². The smallest absolute Gasteiger partial charge is 0.231 e. The first kappa shape index (κ1) is 18.4. The second-order valence-electron chi connectivity index (χ2n) is 5.55. The fourth-order valence-corrected chi connectivity index (χ4v) is 2.60. The molecule has 1 aromatic heterocycles. The Bertz CT molecular complexity index is 714. The largest absolute Gasteiger partial charge is 0.454 e. The summed E-state index contributed by atoms with van der Waals surface area (Å²) in [6.45, 7) is 1.78. The molecule has 0 fully saturated rings. The van der Waals surface area contributed by atoms with E-state index in [-0.39, 0.29) is 24.0 Å². The van der Waals surface area contributed by atoms with Gasteiger partial charge in [-0.2, -0.15) is 0 Å². The third kappa shape index (κ3) is 4.14. The molecule has 7 heteroatoms. The highest BCUT2D eigenvalue weighted by atomic mass is 127. The maximum absolute atomic E-state index is 5.41. The van der Waals surface area contributed by atoms with Crippen molar-refractivity contribution >= 4 is 29.9 Å². The van der Waals surface area contributed by atoms with Crippen molar-refractivity contribution in [1.82, 2.24) is 14.8 Å². The average molecular weight is 442 g/mol. The minimum atomic E-state index is 0. The number of nitrogens with one attached hydrogen (secondary N) is 1. The molecule has 0 saturated carbocycles. The number of aromatic nitrogens is 1. The number of hydrogen-bond donors (Lipinski definition) is 1. The topological polar surface area (TPSA) is 51.0 Å². The number of ether oxygens (including phenoxy) is 2. The van der Waals surface area contributed by atoms with E-state index in [9.17, 15) is 0 Å². The van der Waals surface area contributed by atoms with Crippen LogP contribution in [0.5, 0.6) is 11.5 Å². The van der Waals surface area contributed by atoms with Crippen molar-refractivity contribution < 1.29 is 9.47 Å². The fourth-order valence-electron chi connectivity index (χ4n) is 2.60. The number of aliphatic imine (C=N–C) groups is 1. The van der Waals surface area contributed by atoms with Gasteiger partial charge in [-0.05, 0) is 29.8 Å². The highest BCUT2D eigenvalue weighted by Gasteiger charge is 2.14. The minimum Gasteiger partial charge on any atom is -0.454 e. The molecule has 130 valence electrons. The van der Waals surface area contributed by atoms with Crippen LogP contribution in [0.4, 0.5) is 0 Å². The van der Waals surface area contributed by atoms with Crippen molar-refractivity contribution in [3.8, 4) is 11.5 Å². The number of rotatable bonds is 4. The summed E-state index contributed by atoms with van der Waals surface area (Å²) in [6, 6.07) is 10.1. The first-order valence-corrected chi connectivity index (χ1v) is 7.58. The Morgan fingerprint density at radius 1 is 1.29 bits per heavy atom. The second-order valence-corrected chi connectivity index (χ2v) is 5.55. The molecule has 0 radical (unpaired) electrons. The van der Waals surface area contributed by atoms with Gasteiger partial charge in [0.15, 0.2) is 17.5 Å². The normalized spacial score (nSPS) is 12.7. The molecular formula is C17H23IN4O2. The Kier molecular flexibility index (Phi) is 6.36. The summed E-state index contributed by atoms with van der Waals surface area (Å²) in [5.74, 6) is 2.46. The van der Waals surface area contributed by atoms with Crippen LogP contribution in [0.25, 0.3) is 0 Å². The van der Waals surface area contributed by atoms with Gasteiger partial charge in [-0.1, -0.05) is 6.07 Å². The molecule has 0 bridgehead atoms. The van der Waals surface area contributed by atoms with Gasteiger partial charge in [0.05, 0.1) is 6.54 Å². The van der Waals surface area contributed by atoms with Crippen LogP contribution >= 0.6 is 24.0 Å². The molecule has 0 amide bonds. The van der Waals surface area contributed by atoms with Crippen molar-refractivity contribution in [3.05, 3.63) is 47.8 Å². The minimum absolute atomic E-state index is 0. The number of hydrogen-bond acceptors (Lipinski definition) is 3. The van der Waals surface area contributed by atoms with E-state index in [4.69, 9.17) is 9.47 Å². The number of aryl methyl sites for hydroxylation is 1. The Morgan fingerprint density at radius 3 is 2.79 bits per heavy atom. The molecule has 6 nitrogen and oxygen atoms in total. The number of nitrogens with zero attached hydrogens (tertiary/aromatic N) is 3. The standard InChI is InChI=1S/C17H22N4O2.HI/c1-18-17(21(3)11-14-5-4-8-20(14)2)19-10-13-6-7-15-16(9-13)23-12-22-15;/h4-9H,10-12H2,1-3H3,(H,18,19);1H. The lowest BCUT2D eigenvalue weighted by Crippen LogP contribution is -2.38. The molecule has 1 aliphatic rings. The Balaban J connectivity index is 0.00000208. The van der Waals surface area contributed by atoms with Gasteiger partial charge in [0, 0.05) is 39.6 Å². The average Bonchev–Trinajstić information content (AvgIpc) is 3.17. The third-order valence-corrected chi connectivity index (χ3v) is 3.91. The van der Waals surface area contributed by atoms with E-state index in [1.165, 1.54) is 5.69 Å². The summed E-state index contributed by atoms with van der Waals surface area (Å²) in [5, 5.41) is 3.38. The van der Waals surface area contributed by atoms with Crippen LogP contribution in [0.3, 0.4) is 0 Å². The van der Waals surface area contributed by atoms with Crippen molar-refractivity contribution in [2.45, 2.75) is 13.1 Å². The molecule has 1 aliphatic heterocycles. The quantitative estimate of drug-likeness (QED) is 0.450. The molecule has 1 aromatic carbocycles. The van der Waals surface area contributed by atoms with Gasteiger partial charge in [-0.15, -0.1) is 24.0 Å². The number of fused-ring (bicyclic) bond motifs is 1. The van der Waals surface area contributed by atoms with Crippen LogP contribution in [-0.4, -0.2) is 36.3 Å². The maximum Gasteiger partial charge on any atom is 0.231 e. The van der Waals surface area contributed by atoms with E-state index in [0.29, 0.717) is 13.3 Å². The maximum atomic E-state index is 5.41. The van der Waals surface area contributed by atoms with Crippen LogP contribution in [0.2, 0.25) is 0 Å². The van der Waals surface area contributed by atoms with Crippen molar-refractivity contribution in [1.29, 1.82) is 0 Å². The number of halogens is 1. The molecule has 2 aromatic rings. The van der Waals surface area contributed by atoms with E-state index in [0.717, 1.165) is 29.6 Å². The molecule has 24 heavy (non-hydrogen) atoms. The summed E-state index contributed by atoms with van der Waals surface area (Å²) in [6.07, 6.45) is 2.05. The summed E-state index contributed by atoms with van der Waals surface area (Å²) in [4.78, 5) is 6.45. The van der Waals surface area contributed by atoms with Crippen molar-refractivity contribution in [2.75, 3.05) is 20.9 Å². The molecule has 1 N–H and O–H groups in total. The molecule has 3 rings (SSSR count). The van der Waals surface area contributed by atoms with E-state index >= 15 is 0 Å². The summed E-state index contributed by atoms with van der Waals surface area (Å²) in [5.41, 5.74) is 2.36. The lowest BCUT2D eigenvalue weighted by Gasteiger charge is -2.22. The van der Waals surface area contributed by atoms with Crippen LogP contribution in [0.15, 0.2) is 41.5 Å². The number of guanidine groups is 1. The molecule has 0 saturated heterocycles. The van der Waals surface area contributed by atoms with E-state index in [2.05, 4.69) is 25.8 Å². The summed E-state index contributed by atoms with van der Waals surface area (Å²) >= 11 is 0. The van der Waals surface area contributed by atoms with Crippen LogP contribution in [-0.2, 0) is 20.1 Å². The molecular weight excluding hydrogens is 419 g/mol. The van der Waals surface area contributed by atoms with Gasteiger partial charge in [0.25, 0.3) is 0 Å². The van der Waals surface area contributed by atoms with Gasteiger partial charge in [0.1, 0.15) is 0 Å². The Morgan fingerprint density at radius 2 is 2.08 bits per heavy atom. The first-order chi connectivity index (χ1) is 11.2. The predicted molar refractivity (Wildman–Crippen MR) is 105 cm³/mol. The summed E-state index contributed by atoms with van der Waals surface area (Å²) in [7, 11) is 5.87. The SMILES string of the molecule is CN=C(NCc1ccc2c(c1)OCO2)N(C)Cc1cccn1C.I. The van der Waals surface area contributed by atoms with Crippen molar-refractivity contribution in [3.63, 3.8) is 0 Å². The highest BCUT2D eigenvalue weighted by Crippen LogP contribution is 2.32. The zero-order chi connectivity index (χ0) is 16.2. The van der Waals surface area contributed by atoms with E-state index in [1.54, 1.807) is 7.05 Å². The van der Waals surface area contributed by atoms with Gasteiger partial charge in [0.2, 0.25) is 6.79 Å². The Hall–Kier alpha value is -1.90. The second kappa shape index (κ2) is 8.27. The summed E-state index contributed by atoms with van der Waals surface area (Å²) < 4.78 is 12.9. The zero-order valence-electron chi connectivity index (χ0n) is 14.2. The predicted octanol–water partition coefficient (Wildman–Crippen LogP) is 2.58. The van der Waals surface area contributed by atoms with Gasteiger partial charge in [-0.3, -0.25) is 4.99 Å². The van der Waals surface area contributed by atoms with E-state index < -0.39 is 0 Å². The molecule has 2 heterocycles.